The van der Waals surface area contributed by atoms with E-state index in [1.54, 1.807) is 6.08 Å². The maximum atomic E-state index is 12.7. The maximum absolute atomic E-state index is 12.7. The summed E-state index contributed by atoms with van der Waals surface area (Å²) in [6.07, 6.45) is 29.6. The van der Waals surface area contributed by atoms with Crippen molar-refractivity contribution in [2.45, 2.75) is 174 Å². The van der Waals surface area contributed by atoms with Gasteiger partial charge < -0.3 is 28.8 Å². The van der Waals surface area contributed by atoms with E-state index in [-0.39, 0.29) is 19.1 Å². The van der Waals surface area contributed by atoms with E-state index < -0.39 is 20.0 Å². The van der Waals surface area contributed by atoms with Gasteiger partial charge in [-0.3, -0.25) is 9.36 Å². The fraction of sp³-hybridized carbons (Fsp3) is 0.917. The minimum Gasteiger partial charge on any atom is -0.756 e. The zero-order chi connectivity index (χ0) is 33.7. The molecule has 0 rings (SSSR count). The molecule has 0 aromatic carbocycles. The monoisotopic (exact) mass is 661 g/mol. The van der Waals surface area contributed by atoms with Crippen LogP contribution < -0.4 is 10.2 Å². The first kappa shape index (κ1) is 44.2. The molecule has 0 saturated carbocycles. The van der Waals surface area contributed by atoms with E-state index in [2.05, 4.69) is 19.2 Å². The Hall–Kier alpha value is -0.760. The highest BCUT2D eigenvalue weighted by Gasteiger charge is 2.23. The van der Waals surface area contributed by atoms with Gasteiger partial charge >= 0.3 is 0 Å². The number of carbonyl (C=O) groups is 1. The number of phosphoric acid groups is 1. The first-order valence-electron chi connectivity index (χ1n) is 18.6. The lowest BCUT2D eigenvalue weighted by molar-refractivity contribution is -0.870. The lowest BCUT2D eigenvalue weighted by Crippen LogP contribution is -2.45. The van der Waals surface area contributed by atoms with Gasteiger partial charge in [-0.05, 0) is 19.3 Å². The van der Waals surface area contributed by atoms with Crippen LogP contribution >= 0.6 is 7.82 Å². The predicted molar refractivity (Wildman–Crippen MR) is 187 cm³/mol. The minimum absolute atomic E-state index is 0.00140. The SMILES string of the molecule is CCCCCCCCCC/C=C/[C@@H](O)[C@H](COP(=O)([O-])OCC[N+](C)(C)C)NC(=O)CCCCCCCCCCCCCCC. The molecule has 0 aliphatic carbocycles. The van der Waals surface area contributed by atoms with Gasteiger partial charge in [-0.1, -0.05) is 148 Å². The van der Waals surface area contributed by atoms with E-state index in [0.29, 0.717) is 17.4 Å². The number of phosphoric ester groups is 1. The first-order valence-corrected chi connectivity index (χ1v) is 20.0. The number of aliphatic hydroxyl groups excluding tert-OH is 1. The molecule has 1 unspecified atom stereocenters. The number of carbonyl (C=O) groups excluding carboxylic acids is 1. The Morgan fingerprint density at radius 2 is 1.20 bits per heavy atom. The molecular weight excluding hydrogens is 587 g/mol. The van der Waals surface area contributed by atoms with E-state index in [9.17, 15) is 19.4 Å². The highest BCUT2D eigenvalue weighted by molar-refractivity contribution is 7.45. The number of hydrogen-bond acceptors (Lipinski definition) is 6. The van der Waals surface area contributed by atoms with Crippen molar-refractivity contribution in [3.8, 4) is 0 Å². The molecule has 268 valence electrons. The van der Waals surface area contributed by atoms with Gasteiger partial charge in [0.25, 0.3) is 7.82 Å². The van der Waals surface area contributed by atoms with Gasteiger partial charge in [-0.2, -0.15) is 0 Å². The molecule has 9 heteroatoms. The largest absolute Gasteiger partial charge is 0.756 e. The van der Waals surface area contributed by atoms with Crippen LogP contribution in [0.1, 0.15) is 162 Å². The van der Waals surface area contributed by atoms with Crippen molar-refractivity contribution in [3.05, 3.63) is 12.2 Å². The van der Waals surface area contributed by atoms with E-state index >= 15 is 0 Å². The Kier molecular flexibility index (Phi) is 28.9. The summed E-state index contributed by atoms with van der Waals surface area (Å²) in [5.41, 5.74) is 0. The van der Waals surface area contributed by atoms with Gasteiger partial charge in [0.1, 0.15) is 13.2 Å². The van der Waals surface area contributed by atoms with Crippen LogP contribution in [0.4, 0.5) is 0 Å². The third kappa shape index (κ3) is 31.6. The minimum atomic E-state index is -4.57. The number of amides is 1. The second kappa shape index (κ2) is 29.4. The zero-order valence-electron chi connectivity index (χ0n) is 30.1. The van der Waals surface area contributed by atoms with Gasteiger partial charge in [0.15, 0.2) is 0 Å². The van der Waals surface area contributed by atoms with Gasteiger partial charge in [-0.25, -0.2) is 0 Å². The highest BCUT2D eigenvalue weighted by Crippen LogP contribution is 2.38. The molecule has 1 amide bonds. The molecule has 0 aromatic rings. The summed E-state index contributed by atoms with van der Waals surface area (Å²) < 4.78 is 23.0. The van der Waals surface area contributed by atoms with Crippen LogP contribution in [0.2, 0.25) is 0 Å². The van der Waals surface area contributed by atoms with Gasteiger partial charge in [0.2, 0.25) is 5.91 Å². The van der Waals surface area contributed by atoms with Gasteiger partial charge in [-0.15, -0.1) is 0 Å². The number of unbranched alkanes of at least 4 members (excludes halogenated alkanes) is 20. The third-order valence-corrected chi connectivity index (χ3v) is 9.21. The van der Waals surface area contributed by atoms with Crippen molar-refractivity contribution >= 4 is 13.7 Å². The molecule has 0 aromatic heterocycles. The molecular formula is C36H73N2O6P. The average molecular weight is 661 g/mol. The zero-order valence-corrected chi connectivity index (χ0v) is 31.0. The Labute approximate surface area is 278 Å². The molecule has 0 aliphatic rings. The van der Waals surface area contributed by atoms with Crippen molar-refractivity contribution in [2.75, 3.05) is 40.9 Å². The number of allylic oxidation sites excluding steroid dienone is 1. The van der Waals surface area contributed by atoms with Crippen LogP contribution in [-0.4, -0.2) is 68.5 Å². The Bertz CT molecular complexity index is 758. The van der Waals surface area contributed by atoms with Crippen molar-refractivity contribution < 1.29 is 32.9 Å². The third-order valence-electron chi connectivity index (χ3n) is 8.25. The van der Waals surface area contributed by atoms with E-state index in [4.69, 9.17) is 9.05 Å². The molecule has 2 N–H and O–H groups in total. The summed E-state index contributed by atoms with van der Waals surface area (Å²) in [5, 5.41) is 13.6. The summed E-state index contributed by atoms with van der Waals surface area (Å²) in [6, 6.07) is -0.876. The summed E-state index contributed by atoms with van der Waals surface area (Å²) in [7, 11) is 1.26. The second-order valence-corrected chi connectivity index (χ2v) is 15.3. The average Bonchev–Trinajstić information content (AvgIpc) is 2.97. The fourth-order valence-corrected chi connectivity index (χ4v) is 5.93. The Balaban J connectivity index is 4.53. The molecule has 0 bridgehead atoms. The molecule has 0 spiro atoms. The topological polar surface area (TPSA) is 108 Å². The number of nitrogens with zero attached hydrogens (tertiary/aromatic N) is 1. The summed E-state index contributed by atoms with van der Waals surface area (Å²) in [5.74, 6) is -0.200. The first-order chi connectivity index (χ1) is 21.5. The maximum Gasteiger partial charge on any atom is 0.268 e. The number of nitrogens with one attached hydrogen (secondary N) is 1. The molecule has 0 saturated heterocycles. The smallest absolute Gasteiger partial charge is 0.268 e. The highest BCUT2D eigenvalue weighted by atomic mass is 31.2. The van der Waals surface area contributed by atoms with Crippen LogP contribution in [0.25, 0.3) is 0 Å². The molecule has 0 aliphatic heterocycles. The van der Waals surface area contributed by atoms with Crippen LogP contribution in [-0.2, 0) is 18.4 Å². The summed E-state index contributed by atoms with van der Waals surface area (Å²) in [4.78, 5) is 25.1. The number of hydrogen-bond donors (Lipinski definition) is 2. The van der Waals surface area contributed by atoms with Crippen LogP contribution in [0.3, 0.4) is 0 Å². The summed E-state index contributed by atoms with van der Waals surface area (Å²) in [6.45, 7) is 4.60. The fourth-order valence-electron chi connectivity index (χ4n) is 5.21. The summed E-state index contributed by atoms with van der Waals surface area (Å²) >= 11 is 0. The molecule has 3 atom stereocenters. The van der Waals surface area contributed by atoms with E-state index in [0.717, 1.165) is 38.5 Å². The number of rotatable bonds is 33. The molecule has 45 heavy (non-hydrogen) atoms. The number of quaternary nitrogens is 1. The lowest BCUT2D eigenvalue weighted by atomic mass is 10.0. The standard InChI is InChI=1S/C36H73N2O6P/c1-6-8-10-12-14-16-18-19-20-22-24-26-28-30-36(40)37-34(33-44-45(41,42)43-32-31-38(3,4)5)35(39)29-27-25-23-21-17-15-13-11-9-7-2/h27,29,34-35,39H,6-26,28,30-33H2,1-5H3,(H-,37,40,41,42)/b29-27+/t34-,35+/m0/s1. The molecule has 0 fully saturated rings. The van der Waals surface area contributed by atoms with E-state index in [1.165, 1.54) is 103 Å². The lowest BCUT2D eigenvalue weighted by Gasteiger charge is -2.29. The van der Waals surface area contributed by atoms with Crippen molar-refractivity contribution in [3.63, 3.8) is 0 Å². The Morgan fingerprint density at radius 3 is 1.67 bits per heavy atom. The van der Waals surface area contributed by atoms with Crippen LogP contribution in [0, 0.1) is 0 Å². The van der Waals surface area contributed by atoms with Crippen molar-refractivity contribution in [1.29, 1.82) is 0 Å². The quantitative estimate of drug-likeness (QED) is 0.0316. The number of likely N-dealkylation sites (N-methyl/N-ethyl adjacent to an activating group) is 1. The van der Waals surface area contributed by atoms with Crippen LogP contribution in [0.5, 0.6) is 0 Å². The molecule has 8 nitrogen and oxygen atoms in total. The van der Waals surface area contributed by atoms with Gasteiger partial charge in [0.05, 0.1) is 39.9 Å². The Morgan fingerprint density at radius 1 is 0.756 bits per heavy atom. The normalized spacial score (nSPS) is 14.9. The van der Waals surface area contributed by atoms with Crippen LogP contribution in [0.15, 0.2) is 12.2 Å². The van der Waals surface area contributed by atoms with Gasteiger partial charge in [0, 0.05) is 6.42 Å². The van der Waals surface area contributed by atoms with E-state index in [1.807, 2.05) is 27.2 Å². The molecule has 0 radical (unpaired) electrons. The molecule has 0 heterocycles. The van der Waals surface area contributed by atoms with Crippen molar-refractivity contribution in [2.24, 2.45) is 0 Å². The number of aliphatic hydroxyl groups is 1. The van der Waals surface area contributed by atoms with Crippen molar-refractivity contribution in [1.82, 2.24) is 5.32 Å². The predicted octanol–water partition coefficient (Wildman–Crippen LogP) is 8.61. The second-order valence-electron chi connectivity index (χ2n) is 13.9.